The molecule has 136 valence electrons. The van der Waals surface area contributed by atoms with Gasteiger partial charge < -0.3 is 4.90 Å². The molecular formula is C21H23Cl2N3. The first kappa shape index (κ1) is 17.8. The van der Waals surface area contributed by atoms with E-state index in [4.69, 9.17) is 28.2 Å². The van der Waals surface area contributed by atoms with Gasteiger partial charge in [0.15, 0.2) is 0 Å². The molecule has 0 radical (unpaired) electrons. The summed E-state index contributed by atoms with van der Waals surface area (Å²) in [6.45, 7) is 6.03. The molecule has 0 unspecified atom stereocenters. The maximum atomic E-state index is 6.37. The highest BCUT2D eigenvalue weighted by atomic mass is 35.5. The SMILES string of the molecule is C=Cc1nc(N2CCC3(CCCC3)CC2)cnc1-c1cccc(Cl)c1Cl. The van der Waals surface area contributed by atoms with Crippen LogP contribution in [-0.4, -0.2) is 23.1 Å². The molecule has 0 N–H and O–H groups in total. The minimum atomic E-state index is 0.500. The molecule has 1 aromatic heterocycles. The topological polar surface area (TPSA) is 29.0 Å². The van der Waals surface area contributed by atoms with Gasteiger partial charge >= 0.3 is 0 Å². The Balaban J connectivity index is 1.60. The highest BCUT2D eigenvalue weighted by molar-refractivity contribution is 6.43. The maximum Gasteiger partial charge on any atom is 0.147 e. The lowest BCUT2D eigenvalue weighted by molar-refractivity contribution is 0.226. The van der Waals surface area contributed by atoms with E-state index in [1.807, 2.05) is 18.3 Å². The summed E-state index contributed by atoms with van der Waals surface area (Å²) in [6, 6.07) is 5.56. The van der Waals surface area contributed by atoms with Crippen molar-refractivity contribution in [2.75, 3.05) is 18.0 Å². The minimum Gasteiger partial charge on any atom is -0.355 e. The van der Waals surface area contributed by atoms with Crippen LogP contribution in [0.5, 0.6) is 0 Å². The van der Waals surface area contributed by atoms with E-state index >= 15 is 0 Å². The molecule has 0 atom stereocenters. The van der Waals surface area contributed by atoms with Crippen molar-refractivity contribution < 1.29 is 0 Å². The van der Waals surface area contributed by atoms with Gasteiger partial charge in [-0.15, -0.1) is 0 Å². The fourth-order valence-corrected chi connectivity index (χ4v) is 4.81. The number of hydrogen-bond acceptors (Lipinski definition) is 3. The summed E-state index contributed by atoms with van der Waals surface area (Å²) >= 11 is 12.5. The Kier molecular flexibility index (Phi) is 4.94. The van der Waals surface area contributed by atoms with Crippen molar-refractivity contribution in [3.8, 4) is 11.3 Å². The third-order valence-electron chi connectivity index (χ3n) is 6.00. The van der Waals surface area contributed by atoms with Gasteiger partial charge in [-0.05, 0) is 43.2 Å². The van der Waals surface area contributed by atoms with Crippen LogP contribution >= 0.6 is 23.2 Å². The first-order chi connectivity index (χ1) is 12.6. The van der Waals surface area contributed by atoms with Gasteiger partial charge in [-0.25, -0.2) is 4.98 Å². The quantitative estimate of drug-likeness (QED) is 0.622. The van der Waals surface area contributed by atoms with Gasteiger partial charge in [0, 0.05) is 18.7 Å². The van der Waals surface area contributed by atoms with Gasteiger partial charge in [0.25, 0.3) is 0 Å². The Hall–Kier alpha value is -1.58. The van der Waals surface area contributed by atoms with Crippen molar-refractivity contribution in [2.45, 2.75) is 38.5 Å². The molecule has 1 spiro atoms. The van der Waals surface area contributed by atoms with Crippen LogP contribution in [0.4, 0.5) is 5.82 Å². The van der Waals surface area contributed by atoms with E-state index in [2.05, 4.69) is 16.5 Å². The molecule has 4 rings (SSSR count). The molecule has 2 fully saturated rings. The van der Waals surface area contributed by atoms with E-state index in [1.165, 1.54) is 38.5 Å². The van der Waals surface area contributed by atoms with E-state index in [9.17, 15) is 0 Å². The number of piperidine rings is 1. The molecule has 3 nitrogen and oxygen atoms in total. The zero-order chi connectivity index (χ0) is 18.1. The zero-order valence-corrected chi connectivity index (χ0v) is 16.4. The summed E-state index contributed by atoms with van der Waals surface area (Å²) in [5.41, 5.74) is 2.85. The largest absolute Gasteiger partial charge is 0.355 e. The standard InChI is InChI=1S/C21H23Cl2N3/c1-2-17-20(15-6-5-7-16(22)19(15)23)24-14-18(25-17)26-12-10-21(11-13-26)8-3-4-9-21/h2,5-7,14H,1,3-4,8-13H2. The fourth-order valence-electron chi connectivity index (χ4n) is 4.42. The molecule has 26 heavy (non-hydrogen) atoms. The summed E-state index contributed by atoms with van der Waals surface area (Å²) < 4.78 is 0. The molecule has 2 aromatic rings. The predicted octanol–water partition coefficient (Wildman–Crippen LogP) is 6.25. The van der Waals surface area contributed by atoms with E-state index in [0.29, 0.717) is 15.5 Å². The molecule has 1 aliphatic carbocycles. The van der Waals surface area contributed by atoms with Gasteiger partial charge in [-0.2, -0.15) is 0 Å². The van der Waals surface area contributed by atoms with Crippen LogP contribution < -0.4 is 4.90 Å². The molecule has 0 bridgehead atoms. The second-order valence-electron chi connectivity index (χ2n) is 7.46. The van der Waals surface area contributed by atoms with Crippen LogP contribution in [0, 0.1) is 5.41 Å². The average Bonchev–Trinajstić information content (AvgIpc) is 3.12. The van der Waals surface area contributed by atoms with Gasteiger partial charge in [0.2, 0.25) is 0 Å². The average molecular weight is 388 g/mol. The number of hydrogen-bond donors (Lipinski definition) is 0. The first-order valence-corrected chi connectivity index (χ1v) is 10.1. The number of aromatic nitrogens is 2. The third-order valence-corrected chi connectivity index (χ3v) is 6.82. The Morgan fingerprint density at radius 2 is 1.81 bits per heavy atom. The molecule has 2 heterocycles. The molecule has 1 saturated carbocycles. The minimum absolute atomic E-state index is 0.500. The Bertz CT molecular complexity index is 818. The lowest BCUT2D eigenvalue weighted by Gasteiger charge is -2.39. The number of benzene rings is 1. The van der Waals surface area contributed by atoms with E-state index in [0.717, 1.165) is 35.9 Å². The second-order valence-corrected chi connectivity index (χ2v) is 8.25. The maximum absolute atomic E-state index is 6.37. The van der Waals surface area contributed by atoms with E-state index in [-0.39, 0.29) is 0 Å². The lowest BCUT2D eigenvalue weighted by Crippen LogP contribution is -2.39. The highest BCUT2D eigenvalue weighted by Crippen LogP contribution is 2.46. The molecule has 2 aliphatic rings. The van der Waals surface area contributed by atoms with Gasteiger partial charge in [-0.1, -0.05) is 54.8 Å². The van der Waals surface area contributed by atoms with Crippen LogP contribution in [0.2, 0.25) is 10.0 Å². The van der Waals surface area contributed by atoms with Gasteiger partial charge in [0.1, 0.15) is 5.82 Å². The van der Waals surface area contributed by atoms with E-state index < -0.39 is 0 Å². The van der Waals surface area contributed by atoms with Crippen molar-refractivity contribution in [3.63, 3.8) is 0 Å². The monoisotopic (exact) mass is 387 g/mol. The van der Waals surface area contributed by atoms with Gasteiger partial charge in [0.05, 0.1) is 27.6 Å². The summed E-state index contributed by atoms with van der Waals surface area (Å²) in [5.74, 6) is 0.926. The molecular weight excluding hydrogens is 365 g/mol. The van der Waals surface area contributed by atoms with Crippen molar-refractivity contribution in [2.24, 2.45) is 5.41 Å². The van der Waals surface area contributed by atoms with Crippen LogP contribution in [0.1, 0.15) is 44.2 Å². The summed E-state index contributed by atoms with van der Waals surface area (Å²) in [6.07, 6.45) is 11.7. The van der Waals surface area contributed by atoms with Crippen LogP contribution in [0.3, 0.4) is 0 Å². The van der Waals surface area contributed by atoms with Crippen LogP contribution in [-0.2, 0) is 0 Å². The van der Waals surface area contributed by atoms with Gasteiger partial charge in [-0.3, -0.25) is 4.98 Å². The third kappa shape index (κ3) is 3.23. The van der Waals surface area contributed by atoms with Crippen molar-refractivity contribution in [3.05, 3.63) is 46.7 Å². The molecule has 0 amide bonds. The normalized spacial score (nSPS) is 19.1. The number of anilines is 1. The molecule has 1 saturated heterocycles. The number of halogens is 2. The molecule has 1 aliphatic heterocycles. The smallest absolute Gasteiger partial charge is 0.147 e. The fraction of sp³-hybridized carbons (Fsp3) is 0.429. The highest BCUT2D eigenvalue weighted by Gasteiger charge is 2.37. The van der Waals surface area contributed by atoms with Crippen molar-refractivity contribution in [1.82, 2.24) is 9.97 Å². The van der Waals surface area contributed by atoms with Crippen LogP contribution in [0.15, 0.2) is 31.0 Å². The Labute approximate surface area is 165 Å². The van der Waals surface area contributed by atoms with E-state index in [1.54, 1.807) is 12.1 Å². The Morgan fingerprint density at radius 3 is 2.50 bits per heavy atom. The first-order valence-electron chi connectivity index (χ1n) is 9.31. The molecule has 1 aromatic carbocycles. The van der Waals surface area contributed by atoms with Crippen molar-refractivity contribution in [1.29, 1.82) is 0 Å². The van der Waals surface area contributed by atoms with Crippen molar-refractivity contribution >= 4 is 35.1 Å². The summed E-state index contributed by atoms with van der Waals surface area (Å²) in [7, 11) is 0. The van der Waals surface area contributed by atoms with Crippen LogP contribution in [0.25, 0.3) is 17.3 Å². The second kappa shape index (κ2) is 7.21. The predicted molar refractivity (Wildman–Crippen MR) is 110 cm³/mol. The molecule has 5 heteroatoms. The summed E-state index contributed by atoms with van der Waals surface area (Å²) in [4.78, 5) is 11.8. The Morgan fingerprint density at radius 1 is 1.08 bits per heavy atom. The number of rotatable bonds is 3. The lowest BCUT2D eigenvalue weighted by atomic mass is 9.77. The zero-order valence-electron chi connectivity index (χ0n) is 14.8. The summed E-state index contributed by atoms with van der Waals surface area (Å²) in [5, 5.41) is 1.02. The number of nitrogens with zero attached hydrogens (tertiary/aromatic N) is 3.